The Balaban J connectivity index is 1.86. The van der Waals surface area contributed by atoms with Crippen molar-refractivity contribution in [3.8, 4) is 0 Å². The van der Waals surface area contributed by atoms with Crippen LogP contribution in [0.5, 0.6) is 0 Å². The van der Waals surface area contributed by atoms with Crippen LogP contribution in [0.25, 0.3) is 0 Å². The van der Waals surface area contributed by atoms with Gasteiger partial charge >= 0.3 is 6.18 Å². The summed E-state index contributed by atoms with van der Waals surface area (Å²) in [5.74, 6) is -0.282. The third kappa shape index (κ3) is 5.57. The van der Waals surface area contributed by atoms with Gasteiger partial charge in [0.05, 0.1) is 11.7 Å². The van der Waals surface area contributed by atoms with Gasteiger partial charge in [-0.05, 0) is 47.7 Å². The summed E-state index contributed by atoms with van der Waals surface area (Å²) in [7, 11) is 0. The summed E-state index contributed by atoms with van der Waals surface area (Å²) < 4.78 is 42.1. The number of alkyl halides is 3. The van der Waals surface area contributed by atoms with Crippen LogP contribution in [-0.2, 0) is 4.74 Å². The molecule has 1 aliphatic carbocycles. The standard InChI is InChI=1S/C14H16BrF3N2O2/c15-10-4-9(6-19-7-10)13(21)20-11-2-1-3-12(5-11)22-8-14(16,17)18/h4,6-7,11-12H,1-3,5,8H2,(H,20,21). The van der Waals surface area contributed by atoms with Gasteiger partial charge in [0.1, 0.15) is 6.61 Å². The molecule has 1 saturated carbocycles. The Hall–Kier alpha value is -1.15. The predicted molar refractivity (Wildman–Crippen MR) is 77.5 cm³/mol. The van der Waals surface area contributed by atoms with E-state index in [4.69, 9.17) is 4.74 Å². The van der Waals surface area contributed by atoms with Gasteiger partial charge in [0.2, 0.25) is 0 Å². The number of halogens is 4. The van der Waals surface area contributed by atoms with Crippen LogP contribution in [0.3, 0.4) is 0 Å². The Kier molecular flexibility index (Phi) is 5.80. The number of hydrogen-bond donors (Lipinski definition) is 1. The monoisotopic (exact) mass is 380 g/mol. The molecule has 2 rings (SSSR count). The van der Waals surface area contributed by atoms with E-state index in [2.05, 4.69) is 26.2 Å². The highest BCUT2D eigenvalue weighted by molar-refractivity contribution is 9.10. The highest BCUT2D eigenvalue weighted by Gasteiger charge is 2.31. The van der Waals surface area contributed by atoms with E-state index in [1.54, 1.807) is 12.3 Å². The fourth-order valence-corrected chi connectivity index (χ4v) is 2.81. The molecule has 0 bridgehead atoms. The molecule has 0 aromatic carbocycles. The van der Waals surface area contributed by atoms with Crippen LogP contribution < -0.4 is 5.32 Å². The smallest absolute Gasteiger partial charge is 0.369 e. The summed E-state index contributed by atoms with van der Waals surface area (Å²) in [4.78, 5) is 16.0. The summed E-state index contributed by atoms with van der Waals surface area (Å²) in [5.41, 5.74) is 0.410. The molecule has 22 heavy (non-hydrogen) atoms. The van der Waals surface area contributed by atoms with E-state index in [1.807, 2.05) is 0 Å². The zero-order chi connectivity index (χ0) is 16.2. The Morgan fingerprint density at radius 3 is 2.86 bits per heavy atom. The molecule has 2 atom stereocenters. The van der Waals surface area contributed by atoms with Crippen molar-refractivity contribution in [1.82, 2.24) is 10.3 Å². The topological polar surface area (TPSA) is 51.2 Å². The predicted octanol–water partition coefficient (Wildman–Crippen LogP) is 3.46. The molecule has 122 valence electrons. The van der Waals surface area contributed by atoms with Gasteiger partial charge in [0.15, 0.2) is 0 Å². The quantitative estimate of drug-likeness (QED) is 0.869. The maximum absolute atomic E-state index is 12.2. The summed E-state index contributed by atoms with van der Waals surface area (Å²) >= 11 is 3.24. The summed E-state index contributed by atoms with van der Waals surface area (Å²) in [5, 5.41) is 2.83. The fraction of sp³-hybridized carbons (Fsp3) is 0.571. The summed E-state index contributed by atoms with van der Waals surface area (Å²) in [6.45, 7) is -1.24. The third-order valence-corrected chi connectivity index (χ3v) is 3.84. The first-order chi connectivity index (χ1) is 10.3. The Bertz CT molecular complexity index is 525. The first kappa shape index (κ1) is 17.2. The molecule has 1 amide bonds. The maximum Gasteiger partial charge on any atom is 0.411 e. The number of carbonyl (C=O) groups excluding carboxylic acids is 1. The van der Waals surface area contributed by atoms with E-state index in [9.17, 15) is 18.0 Å². The lowest BCUT2D eigenvalue weighted by Gasteiger charge is -2.30. The number of ether oxygens (including phenoxy) is 1. The number of rotatable bonds is 4. The lowest BCUT2D eigenvalue weighted by molar-refractivity contribution is -0.188. The van der Waals surface area contributed by atoms with Gasteiger partial charge in [0, 0.05) is 22.9 Å². The number of pyridine rings is 1. The summed E-state index contributed by atoms with van der Waals surface area (Å²) in [6.07, 6.45) is 0.658. The van der Waals surface area contributed by atoms with Crippen LogP contribution >= 0.6 is 15.9 Å². The third-order valence-electron chi connectivity index (χ3n) is 3.41. The highest BCUT2D eigenvalue weighted by Crippen LogP contribution is 2.24. The van der Waals surface area contributed by atoms with Gasteiger partial charge in [0.25, 0.3) is 5.91 Å². The molecule has 0 saturated heterocycles. The Morgan fingerprint density at radius 1 is 1.41 bits per heavy atom. The first-order valence-electron chi connectivity index (χ1n) is 6.93. The number of aromatic nitrogens is 1. The van der Waals surface area contributed by atoms with Crippen LogP contribution in [0.1, 0.15) is 36.0 Å². The van der Waals surface area contributed by atoms with Gasteiger partial charge in [-0.25, -0.2) is 0 Å². The van der Waals surface area contributed by atoms with Gasteiger partial charge in [-0.1, -0.05) is 0 Å². The zero-order valence-corrected chi connectivity index (χ0v) is 13.3. The minimum absolute atomic E-state index is 0.182. The molecule has 0 radical (unpaired) electrons. The van der Waals surface area contributed by atoms with Crippen molar-refractivity contribution in [2.24, 2.45) is 0 Å². The molecule has 1 aliphatic rings. The SMILES string of the molecule is O=C(NC1CCCC(OCC(F)(F)F)C1)c1cncc(Br)c1. The molecule has 4 nitrogen and oxygen atoms in total. The number of amides is 1. The Labute approximate surface area is 134 Å². The normalized spacial score (nSPS) is 22.4. The highest BCUT2D eigenvalue weighted by atomic mass is 79.9. The minimum Gasteiger partial charge on any atom is -0.369 e. The molecule has 1 heterocycles. The lowest BCUT2D eigenvalue weighted by atomic mass is 9.92. The van der Waals surface area contributed by atoms with E-state index in [0.717, 1.165) is 12.8 Å². The molecule has 1 fully saturated rings. The Morgan fingerprint density at radius 2 is 2.18 bits per heavy atom. The van der Waals surface area contributed by atoms with Crippen molar-refractivity contribution in [3.63, 3.8) is 0 Å². The molecule has 8 heteroatoms. The molecule has 1 aromatic rings. The van der Waals surface area contributed by atoms with Crippen molar-refractivity contribution in [3.05, 3.63) is 28.5 Å². The van der Waals surface area contributed by atoms with Crippen LogP contribution in [-0.4, -0.2) is 35.8 Å². The molecule has 1 aromatic heterocycles. The molecule has 0 aliphatic heterocycles. The lowest BCUT2D eigenvalue weighted by Crippen LogP contribution is -2.41. The van der Waals surface area contributed by atoms with Gasteiger partial charge in [-0.3, -0.25) is 9.78 Å². The largest absolute Gasteiger partial charge is 0.411 e. The number of nitrogens with one attached hydrogen (secondary N) is 1. The van der Waals surface area contributed by atoms with Crippen molar-refractivity contribution in [2.45, 2.75) is 44.0 Å². The second-order valence-electron chi connectivity index (χ2n) is 5.28. The first-order valence-corrected chi connectivity index (χ1v) is 7.72. The number of hydrogen-bond acceptors (Lipinski definition) is 3. The van der Waals surface area contributed by atoms with Crippen molar-refractivity contribution in [2.75, 3.05) is 6.61 Å². The van der Waals surface area contributed by atoms with E-state index in [1.165, 1.54) is 6.20 Å². The van der Waals surface area contributed by atoms with Crippen LogP contribution in [0.2, 0.25) is 0 Å². The van der Waals surface area contributed by atoms with Crippen LogP contribution in [0, 0.1) is 0 Å². The molecule has 0 spiro atoms. The van der Waals surface area contributed by atoms with Crippen molar-refractivity contribution >= 4 is 21.8 Å². The van der Waals surface area contributed by atoms with Gasteiger partial charge < -0.3 is 10.1 Å². The van der Waals surface area contributed by atoms with Gasteiger partial charge in [-0.2, -0.15) is 13.2 Å². The average molecular weight is 381 g/mol. The van der Waals surface area contributed by atoms with Gasteiger partial charge in [-0.15, -0.1) is 0 Å². The molecular formula is C14H16BrF3N2O2. The van der Waals surface area contributed by atoms with Crippen molar-refractivity contribution < 1.29 is 22.7 Å². The van der Waals surface area contributed by atoms with E-state index >= 15 is 0 Å². The van der Waals surface area contributed by atoms with E-state index in [-0.39, 0.29) is 11.9 Å². The fourth-order valence-electron chi connectivity index (χ4n) is 2.44. The number of nitrogens with zero attached hydrogens (tertiary/aromatic N) is 1. The second kappa shape index (κ2) is 7.41. The minimum atomic E-state index is -4.32. The molecular weight excluding hydrogens is 365 g/mol. The van der Waals surface area contributed by atoms with Crippen LogP contribution in [0.4, 0.5) is 13.2 Å². The van der Waals surface area contributed by atoms with E-state index < -0.39 is 18.9 Å². The van der Waals surface area contributed by atoms with Crippen molar-refractivity contribution in [1.29, 1.82) is 0 Å². The number of carbonyl (C=O) groups is 1. The van der Waals surface area contributed by atoms with E-state index in [0.29, 0.717) is 22.9 Å². The molecule has 1 N–H and O–H groups in total. The zero-order valence-electron chi connectivity index (χ0n) is 11.7. The average Bonchev–Trinajstić information content (AvgIpc) is 2.45. The summed E-state index contributed by atoms with van der Waals surface area (Å²) in [6, 6.07) is 1.46. The maximum atomic E-state index is 12.2. The van der Waals surface area contributed by atoms with Crippen LogP contribution in [0.15, 0.2) is 22.9 Å². The molecule has 2 unspecified atom stereocenters. The second-order valence-corrected chi connectivity index (χ2v) is 6.19.